The van der Waals surface area contributed by atoms with Crippen LogP contribution >= 0.6 is 0 Å². The fraction of sp³-hybridized carbons (Fsp3) is 0. The lowest BCUT2D eigenvalue weighted by molar-refractivity contribution is 0.623. The summed E-state index contributed by atoms with van der Waals surface area (Å²) < 4.78 is 13.4. The van der Waals surface area contributed by atoms with E-state index in [-0.39, 0.29) is 0 Å². The molecule has 0 atom stereocenters. The summed E-state index contributed by atoms with van der Waals surface area (Å²) in [5.41, 5.74) is 13.5. The Bertz CT molecular complexity index is 3890. The van der Waals surface area contributed by atoms with Crippen molar-refractivity contribution in [2.75, 3.05) is 14.7 Å². The molecule has 0 radical (unpaired) electrons. The first kappa shape index (κ1) is 39.9. The Balaban J connectivity index is 1.00. The number of aromatic nitrogens is 1. The van der Waals surface area contributed by atoms with Gasteiger partial charge in [0, 0.05) is 79.0 Å². The number of fused-ring (bicyclic) bond motifs is 8. The Kier molecular flexibility index (Phi) is 9.72. The van der Waals surface area contributed by atoms with Gasteiger partial charge in [-0.1, -0.05) is 121 Å². The van der Waals surface area contributed by atoms with Crippen LogP contribution in [0.15, 0.2) is 264 Å². The molecule has 6 nitrogen and oxygen atoms in total. The molecule has 0 amide bonds. The third-order valence-electron chi connectivity index (χ3n) is 13.0. The summed E-state index contributed by atoms with van der Waals surface area (Å²) in [6.45, 7) is 0. The maximum atomic E-state index is 6.72. The highest BCUT2D eigenvalue weighted by molar-refractivity contribution is 6.19. The standard InChI is InChI=1S/C63H42N4O2/c1-6-17-45(18-7-1)63-64-58-37-32-44-30-29-43-31-33-52(40-56(43)61(44)62(58)69-63)67(51-28-16-27-50(39-51)65(46-19-8-2-9-20-46)47-21-10-3-11-22-47)53-35-38-59-57(41-53)55-36-34-54(42-60(55)68-59)66(48-23-12-4-13-24-48)49-25-14-5-15-26-49/h1-42H. The number of nitrogens with zero attached hydrogens (tertiary/aromatic N) is 4. The molecule has 0 saturated carbocycles. The van der Waals surface area contributed by atoms with Crippen molar-refractivity contribution in [1.82, 2.24) is 4.98 Å². The van der Waals surface area contributed by atoms with Gasteiger partial charge in [0.1, 0.15) is 16.7 Å². The fourth-order valence-electron chi connectivity index (χ4n) is 9.81. The molecule has 0 bridgehead atoms. The van der Waals surface area contributed by atoms with Crippen LogP contribution in [-0.4, -0.2) is 4.98 Å². The van der Waals surface area contributed by atoms with E-state index >= 15 is 0 Å². The molecule has 326 valence electrons. The third kappa shape index (κ3) is 7.19. The summed E-state index contributed by atoms with van der Waals surface area (Å²) in [5.74, 6) is 0.603. The zero-order valence-electron chi connectivity index (χ0n) is 37.4. The van der Waals surface area contributed by atoms with Gasteiger partial charge in [-0.25, -0.2) is 4.98 Å². The van der Waals surface area contributed by atoms with Gasteiger partial charge in [-0.3, -0.25) is 0 Å². The molecule has 0 fully saturated rings. The normalized spacial score (nSPS) is 11.5. The molecular weight excluding hydrogens is 845 g/mol. The molecule has 0 N–H and O–H groups in total. The van der Waals surface area contributed by atoms with Crippen LogP contribution in [0.25, 0.3) is 66.0 Å². The lowest BCUT2D eigenvalue weighted by Crippen LogP contribution is -2.13. The van der Waals surface area contributed by atoms with Crippen LogP contribution in [0.1, 0.15) is 0 Å². The van der Waals surface area contributed by atoms with Crippen molar-refractivity contribution in [2.24, 2.45) is 0 Å². The van der Waals surface area contributed by atoms with Crippen molar-refractivity contribution >= 4 is 106 Å². The lowest BCUT2D eigenvalue weighted by atomic mass is 10.00. The monoisotopic (exact) mass is 886 g/mol. The Morgan fingerprint density at radius 1 is 0.290 bits per heavy atom. The predicted molar refractivity (Wildman–Crippen MR) is 286 cm³/mol. The summed E-state index contributed by atoms with van der Waals surface area (Å²) in [6.07, 6.45) is 0. The predicted octanol–water partition coefficient (Wildman–Crippen LogP) is 18.1. The first-order valence-corrected chi connectivity index (χ1v) is 23.2. The molecule has 0 aliphatic rings. The van der Waals surface area contributed by atoms with Gasteiger partial charge in [0.25, 0.3) is 0 Å². The first-order chi connectivity index (χ1) is 34.2. The van der Waals surface area contributed by atoms with Crippen LogP contribution in [0.5, 0.6) is 0 Å². The molecule has 0 aliphatic carbocycles. The van der Waals surface area contributed by atoms with Gasteiger partial charge in [0.2, 0.25) is 5.89 Å². The highest BCUT2D eigenvalue weighted by Crippen LogP contribution is 2.45. The molecule has 11 aromatic carbocycles. The molecule has 69 heavy (non-hydrogen) atoms. The number of benzene rings is 11. The van der Waals surface area contributed by atoms with Crippen LogP contribution < -0.4 is 14.7 Å². The quantitative estimate of drug-likeness (QED) is 0.128. The molecule has 0 unspecified atom stereocenters. The summed E-state index contributed by atoms with van der Waals surface area (Å²) in [4.78, 5) is 11.9. The summed E-state index contributed by atoms with van der Waals surface area (Å²) in [6, 6.07) is 89.3. The van der Waals surface area contributed by atoms with Gasteiger partial charge < -0.3 is 23.5 Å². The maximum absolute atomic E-state index is 6.72. The van der Waals surface area contributed by atoms with Crippen LogP contribution in [0.4, 0.5) is 51.2 Å². The van der Waals surface area contributed by atoms with Crippen LogP contribution in [0, 0.1) is 0 Å². The van der Waals surface area contributed by atoms with Crippen molar-refractivity contribution in [3.8, 4) is 11.5 Å². The number of hydrogen-bond acceptors (Lipinski definition) is 6. The number of para-hydroxylation sites is 4. The summed E-state index contributed by atoms with van der Waals surface area (Å²) in [7, 11) is 0. The Morgan fingerprint density at radius 2 is 0.739 bits per heavy atom. The van der Waals surface area contributed by atoms with Crippen molar-refractivity contribution < 1.29 is 8.83 Å². The van der Waals surface area contributed by atoms with Crippen molar-refractivity contribution in [3.63, 3.8) is 0 Å². The molecule has 2 aromatic heterocycles. The smallest absolute Gasteiger partial charge is 0.227 e. The van der Waals surface area contributed by atoms with Gasteiger partial charge in [-0.05, 0) is 144 Å². The minimum atomic E-state index is 0.603. The third-order valence-corrected chi connectivity index (χ3v) is 13.0. The fourth-order valence-corrected chi connectivity index (χ4v) is 9.81. The van der Waals surface area contributed by atoms with Gasteiger partial charge in [0.05, 0.1) is 0 Å². The average Bonchev–Trinajstić information content (AvgIpc) is 4.02. The summed E-state index contributed by atoms with van der Waals surface area (Å²) >= 11 is 0. The van der Waals surface area contributed by atoms with Gasteiger partial charge in [-0.2, -0.15) is 0 Å². The maximum Gasteiger partial charge on any atom is 0.227 e. The molecule has 0 aliphatic heterocycles. The topological polar surface area (TPSA) is 48.9 Å². The molecule has 2 heterocycles. The SMILES string of the molecule is c1ccc(-c2nc3ccc4ccc5ccc(N(c6cccc(N(c7ccccc7)c7ccccc7)c6)c6ccc7oc8cc(N(c9ccccc9)c9ccccc9)ccc8c7c6)cc5c4c3o2)cc1. The molecule has 13 aromatic rings. The first-order valence-electron chi connectivity index (χ1n) is 23.2. The van der Waals surface area contributed by atoms with E-state index in [0.29, 0.717) is 5.89 Å². The Labute approximate surface area is 398 Å². The summed E-state index contributed by atoms with van der Waals surface area (Å²) in [5, 5.41) is 6.36. The molecule has 6 heteroatoms. The zero-order chi connectivity index (χ0) is 45.7. The number of hydrogen-bond donors (Lipinski definition) is 0. The van der Waals surface area contributed by atoms with Crippen LogP contribution in [-0.2, 0) is 0 Å². The lowest BCUT2D eigenvalue weighted by Gasteiger charge is -2.29. The van der Waals surface area contributed by atoms with E-state index in [1.807, 2.05) is 42.5 Å². The van der Waals surface area contributed by atoms with Gasteiger partial charge >= 0.3 is 0 Å². The van der Waals surface area contributed by atoms with Gasteiger partial charge in [0.15, 0.2) is 5.58 Å². The van der Waals surface area contributed by atoms with Crippen molar-refractivity contribution in [2.45, 2.75) is 0 Å². The second-order valence-corrected chi connectivity index (χ2v) is 17.2. The number of furan rings is 1. The second-order valence-electron chi connectivity index (χ2n) is 17.2. The minimum Gasteiger partial charge on any atom is -0.456 e. The van der Waals surface area contributed by atoms with E-state index in [9.17, 15) is 0 Å². The number of rotatable bonds is 10. The van der Waals surface area contributed by atoms with E-state index in [0.717, 1.165) is 111 Å². The van der Waals surface area contributed by atoms with E-state index < -0.39 is 0 Å². The van der Waals surface area contributed by atoms with Gasteiger partial charge in [-0.15, -0.1) is 0 Å². The second kappa shape index (κ2) is 16.8. The minimum absolute atomic E-state index is 0.603. The van der Waals surface area contributed by atoms with Crippen LogP contribution in [0.3, 0.4) is 0 Å². The molecular formula is C63H42N4O2. The largest absolute Gasteiger partial charge is 0.456 e. The Hall–Kier alpha value is -9.39. The molecule has 13 rings (SSSR count). The zero-order valence-corrected chi connectivity index (χ0v) is 37.4. The van der Waals surface area contributed by atoms with Crippen LogP contribution in [0.2, 0.25) is 0 Å². The van der Waals surface area contributed by atoms with Crippen molar-refractivity contribution in [3.05, 3.63) is 255 Å². The number of anilines is 9. The highest BCUT2D eigenvalue weighted by Gasteiger charge is 2.22. The van der Waals surface area contributed by atoms with Crippen molar-refractivity contribution in [1.29, 1.82) is 0 Å². The van der Waals surface area contributed by atoms with E-state index in [1.165, 1.54) is 0 Å². The average molecular weight is 887 g/mol. The Morgan fingerprint density at radius 3 is 1.35 bits per heavy atom. The van der Waals surface area contributed by atoms with E-state index in [4.69, 9.17) is 13.8 Å². The highest BCUT2D eigenvalue weighted by atomic mass is 16.3. The molecule has 0 spiro atoms. The van der Waals surface area contributed by atoms with E-state index in [2.05, 4.69) is 227 Å². The molecule has 0 saturated heterocycles. The number of oxazole rings is 1. The van der Waals surface area contributed by atoms with E-state index in [1.54, 1.807) is 0 Å².